The van der Waals surface area contributed by atoms with Gasteiger partial charge in [0.15, 0.2) is 11.5 Å². The second-order valence-corrected chi connectivity index (χ2v) is 6.16. The molecule has 7 nitrogen and oxygen atoms in total. The average molecular weight is 385 g/mol. The van der Waals surface area contributed by atoms with Crippen LogP contribution in [0.3, 0.4) is 0 Å². The van der Waals surface area contributed by atoms with Gasteiger partial charge in [-0.05, 0) is 55.8 Å². The van der Waals surface area contributed by atoms with E-state index in [2.05, 4.69) is 5.32 Å². The number of ether oxygens (including phenoxy) is 2. The average Bonchev–Trinajstić information content (AvgIpc) is 2.69. The summed E-state index contributed by atoms with van der Waals surface area (Å²) < 4.78 is 10.1. The van der Waals surface area contributed by atoms with Crippen molar-refractivity contribution in [1.82, 2.24) is 0 Å². The SMILES string of the molecule is CCOC(=O)c1ccc(NC(=O)c2ccc(O)c(OC(=O)C(C)CC)c2)cc1. The lowest BCUT2D eigenvalue weighted by atomic mass is 10.1. The van der Waals surface area contributed by atoms with Crippen LogP contribution < -0.4 is 10.1 Å². The molecule has 148 valence electrons. The van der Waals surface area contributed by atoms with Crippen molar-refractivity contribution < 1.29 is 29.0 Å². The monoisotopic (exact) mass is 385 g/mol. The van der Waals surface area contributed by atoms with Crippen LogP contribution in [0, 0.1) is 5.92 Å². The van der Waals surface area contributed by atoms with E-state index in [4.69, 9.17) is 9.47 Å². The maximum absolute atomic E-state index is 12.4. The van der Waals surface area contributed by atoms with Crippen molar-refractivity contribution >= 4 is 23.5 Å². The van der Waals surface area contributed by atoms with Gasteiger partial charge in [0.1, 0.15) is 0 Å². The van der Waals surface area contributed by atoms with Gasteiger partial charge in [0.05, 0.1) is 18.1 Å². The molecule has 0 aliphatic heterocycles. The molecule has 28 heavy (non-hydrogen) atoms. The summed E-state index contributed by atoms with van der Waals surface area (Å²) in [6.07, 6.45) is 0.599. The molecule has 1 amide bonds. The van der Waals surface area contributed by atoms with E-state index in [1.54, 1.807) is 38.1 Å². The lowest BCUT2D eigenvalue weighted by molar-refractivity contribution is -0.138. The number of phenolic OH excluding ortho intramolecular Hbond substituents is 1. The Bertz CT molecular complexity index is 860. The van der Waals surface area contributed by atoms with Crippen LogP contribution in [0.4, 0.5) is 5.69 Å². The van der Waals surface area contributed by atoms with Gasteiger partial charge in [0, 0.05) is 11.3 Å². The van der Waals surface area contributed by atoms with Gasteiger partial charge in [0.2, 0.25) is 0 Å². The number of amides is 1. The van der Waals surface area contributed by atoms with E-state index in [1.165, 1.54) is 18.2 Å². The molecule has 0 saturated heterocycles. The Hall–Kier alpha value is -3.35. The lowest BCUT2D eigenvalue weighted by Crippen LogP contribution is -2.17. The third-order valence-corrected chi connectivity index (χ3v) is 4.10. The summed E-state index contributed by atoms with van der Waals surface area (Å²) >= 11 is 0. The number of benzene rings is 2. The number of carbonyl (C=O) groups is 3. The van der Waals surface area contributed by atoms with E-state index >= 15 is 0 Å². The van der Waals surface area contributed by atoms with Crippen LogP contribution in [0.15, 0.2) is 42.5 Å². The molecule has 0 bridgehead atoms. The third kappa shape index (κ3) is 5.33. The third-order valence-electron chi connectivity index (χ3n) is 4.10. The Morgan fingerprint density at radius 2 is 1.68 bits per heavy atom. The maximum atomic E-state index is 12.4. The van der Waals surface area contributed by atoms with Crippen LogP contribution in [0.25, 0.3) is 0 Å². The van der Waals surface area contributed by atoms with Crippen molar-refractivity contribution in [1.29, 1.82) is 0 Å². The van der Waals surface area contributed by atoms with Gasteiger partial charge in [-0.2, -0.15) is 0 Å². The first kappa shape index (κ1) is 21.0. The van der Waals surface area contributed by atoms with Crippen molar-refractivity contribution in [3.05, 3.63) is 53.6 Å². The van der Waals surface area contributed by atoms with Crippen LogP contribution in [0.5, 0.6) is 11.5 Å². The molecule has 2 aromatic rings. The molecule has 0 saturated carbocycles. The number of aromatic hydroxyl groups is 1. The molecule has 0 aromatic heterocycles. The zero-order valence-electron chi connectivity index (χ0n) is 16.0. The molecule has 0 heterocycles. The minimum absolute atomic E-state index is 0.0735. The Morgan fingerprint density at radius 1 is 1.04 bits per heavy atom. The van der Waals surface area contributed by atoms with E-state index in [-0.39, 0.29) is 29.6 Å². The first-order valence-corrected chi connectivity index (χ1v) is 8.98. The van der Waals surface area contributed by atoms with Crippen LogP contribution in [0.1, 0.15) is 47.9 Å². The first-order chi connectivity index (χ1) is 13.3. The molecule has 0 aliphatic rings. The summed E-state index contributed by atoms with van der Waals surface area (Å²) in [5.41, 5.74) is 1.06. The fourth-order valence-electron chi connectivity index (χ4n) is 2.22. The first-order valence-electron chi connectivity index (χ1n) is 8.98. The van der Waals surface area contributed by atoms with Gasteiger partial charge >= 0.3 is 11.9 Å². The molecule has 2 N–H and O–H groups in total. The van der Waals surface area contributed by atoms with Crippen LogP contribution in [0.2, 0.25) is 0 Å². The highest BCUT2D eigenvalue weighted by Crippen LogP contribution is 2.28. The Labute approximate surface area is 163 Å². The van der Waals surface area contributed by atoms with Gasteiger partial charge in [-0.15, -0.1) is 0 Å². The van der Waals surface area contributed by atoms with Gasteiger partial charge in [-0.25, -0.2) is 4.79 Å². The van der Waals surface area contributed by atoms with Crippen LogP contribution in [-0.2, 0) is 9.53 Å². The molecular weight excluding hydrogens is 362 g/mol. The summed E-state index contributed by atoms with van der Waals surface area (Å²) in [7, 11) is 0. The fourth-order valence-corrected chi connectivity index (χ4v) is 2.22. The Kier molecular flexibility index (Phi) is 7.14. The molecule has 7 heteroatoms. The predicted molar refractivity (Wildman–Crippen MR) is 104 cm³/mol. The quantitative estimate of drug-likeness (QED) is 0.556. The maximum Gasteiger partial charge on any atom is 0.338 e. The number of esters is 2. The van der Waals surface area contributed by atoms with Gasteiger partial charge < -0.3 is 19.9 Å². The van der Waals surface area contributed by atoms with Gasteiger partial charge in [0.25, 0.3) is 5.91 Å². The summed E-state index contributed by atoms with van der Waals surface area (Å²) in [5.74, 6) is -2.00. The van der Waals surface area contributed by atoms with Gasteiger partial charge in [-0.1, -0.05) is 13.8 Å². The number of hydrogen-bond acceptors (Lipinski definition) is 6. The smallest absolute Gasteiger partial charge is 0.338 e. The largest absolute Gasteiger partial charge is 0.504 e. The molecule has 0 fully saturated rings. The van der Waals surface area contributed by atoms with Crippen LogP contribution >= 0.6 is 0 Å². The zero-order valence-corrected chi connectivity index (χ0v) is 16.0. The van der Waals surface area contributed by atoms with Crippen molar-refractivity contribution in [3.63, 3.8) is 0 Å². The molecule has 2 aromatic carbocycles. The van der Waals surface area contributed by atoms with Crippen molar-refractivity contribution in [3.8, 4) is 11.5 Å². The second-order valence-electron chi connectivity index (χ2n) is 6.16. The number of rotatable bonds is 7. The van der Waals surface area contributed by atoms with Crippen molar-refractivity contribution in [2.45, 2.75) is 27.2 Å². The fraction of sp³-hybridized carbons (Fsp3) is 0.286. The minimum Gasteiger partial charge on any atom is -0.504 e. The Balaban J connectivity index is 2.11. The minimum atomic E-state index is -0.482. The summed E-state index contributed by atoms with van der Waals surface area (Å²) in [6.45, 7) is 5.57. The summed E-state index contributed by atoms with van der Waals surface area (Å²) in [6, 6.07) is 10.3. The number of hydrogen-bond donors (Lipinski definition) is 2. The predicted octanol–water partition coefficient (Wildman–Crippen LogP) is 3.77. The van der Waals surface area contributed by atoms with E-state index in [9.17, 15) is 19.5 Å². The zero-order chi connectivity index (χ0) is 20.7. The number of anilines is 1. The summed E-state index contributed by atoms with van der Waals surface area (Å²) in [4.78, 5) is 36.0. The lowest BCUT2D eigenvalue weighted by Gasteiger charge is -2.12. The molecule has 0 aliphatic carbocycles. The second kappa shape index (κ2) is 9.55. The van der Waals surface area contributed by atoms with Gasteiger partial charge in [-0.3, -0.25) is 9.59 Å². The molecule has 0 spiro atoms. The van der Waals surface area contributed by atoms with Crippen molar-refractivity contribution in [2.75, 3.05) is 11.9 Å². The highest BCUT2D eigenvalue weighted by Gasteiger charge is 2.17. The molecular formula is C21H23NO6. The molecule has 2 rings (SSSR count). The van der Waals surface area contributed by atoms with E-state index in [1.807, 2.05) is 6.92 Å². The summed E-state index contributed by atoms with van der Waals surface area (Å²) in [5, 5.41) is 12.6. The molecule has 0 radical (unpaired) electrons. The normalized spacial score (nSPS) is 11.4. The van der Waals surface area contributed by atoms with Crippen LogP contribution in [-0.4, -0.2) is 29.6 Å². The van der Waals surface area contributed by atoms with E-state index in [0.29, 0.717) is 17.7 Å². The highest BCUT2D eigenvalue weighted by molar-refractivity contribution is 6.05. The topological polar surface area (TPSA) is 102 Å². The van der Waals surface area contributed by atoms with E-state index < -0.39 is 17.8 Å². The standard InChI is InChI=1S/C21H23NO6/c1-4-13(3)20(25)28-18-12-15(8-11-17(18)23)19(24)22-16-9-6-14(7-10-16)21(26)27-5-2/h6-13,23H,4-5H2,1-3H3,(H,22,24). The van der Waals surface area contributed by atoms with Crippen molar-refractivity contribution in [2.24, 2.45) is 5.92 Å². The number of phenols is 1. The molecule has 1 atom stereocenters. The number of nitrogens with one attached hydrogen (secondary N) is 1. The highest BCUT2D eigenvalue weighted by atomic mass is 16.5. The Morgan fingerprint density at radius 3 is 2.29 bits per heavy atom. The van der Waals surface area contributed by atoms with E-state index in [0.717, 1.165) is 0 Å². The molecule has 1 unspecified atom stereocenters. The number of carbonyl (C=O) groups excluding carboxylic acids is 3.